The molecule has 0 aromatic heterocycles. The molecule has 1 aliphatic rings. The molecule has 1 heterocycles. The number of anilines is 1. The van der Waals surface area contributed by atoms with E-state index in [0.29, 0.717) is 12.0 Å². The summed E-state index contributed by atoms with van der Waals surface area (Å²) in [5.74, 6) is 0.433. The summed E-state index contributed by atoms with van der Waals surface area (Å²) < 4.78 is 23.2. The zero-order valence-electron chi connectivity index (χ0n) is 10.7. The molecule has 1 aromatic rings. The summed E-state index contributed by atoms with van der Waals surface area (Å²) in [5, 5.41) is 12.5. The van der Waals surface area contributed by atoms with E-state index >= 15 is 0 Å². The topological polar surface area (TPSA) is 70.0 Å². The molecular formula is C13H16N2O2S2. The number of benzene rings is 1. The zero-order chi connectivity index (χ0) is 13.9. The van der Waals surface area contributed by atoms with Gasteiger partial charge < -0.3 is 5.32 Å². The summed E-state index contributed by atoms with van der Waals surface area (Å²) in [7, 11) is -2.94. The molecule has 0 saturated carbocycles. The molecule has 1 aromatic carbocycles. The molecule has 4 nitrogen and oxygen atoms in total. The maximum atomic E-state index is 11.6. The summed E-state index contributed by atoms with van der Waals surface area (Å²) >= 11 is 1.52. The Hall–Kier alpha value is -1.19. The molecule has 102 valence electrons. The number of nitrogens with zero attached hydrogens (tertiary/aromatic N) is 1. The van der Waals surface area contributed by atoms with Gasteiger partial charge in [0.1, 0.15) is 6.07 Å². The molecule has 1 fully saturated rings. The quantitative estimate of drug-likeness (QED) is 0.866. The molecule has 0 radical (unpaired) electrons. The van der Waals surface area contributed by atoms with Crippen LogP contribution in [-0.4, -0.2) is 32.2 Å². The molecule has 19 heavy (non-hydrogen) atoms. The van der Waals surface area contributed by atoms with Crippen LogP contribution in [0.1, 0.15) is 18.4 Å². The van der Waals surface area contributed by atoms with Crippen LogP contribution in [0.4, 0.5) is 5.69 Å². The SMILES string of the molecule is CSc1cccc(NC2CCCS(=O)(=O)C2)c1C#N. The predicted molar refractivity (Wildman–Crippen MR) is 78.2 cm³/mol. The second kappa shape index (κ2) is 5.85. The van der Waals surface area contributed by atoms with Gasteiger partial charge in [-0.25, -0.2) is 8.42 Å². The highest BCUT2D eigenvalue weighted by atomic mass is 32.2. The first kappa shape index (κ1) is 14.2. The van der Waals surface area contributed by atoms with Crippen LogP contribution in [-0.2, 0) is 9.84 Å². The minimum Gasteiger partial charge on any atom is -0.380 e. The molecule has 1 N–H and O–H groups in total. The molecule has 1 saturated heterocycles. The lowest BCUT2D eigenvalue weighted by Gasteiger charge is -2.24. The number of rotatable bonds is 3. The lowest BCUT2D eigenvalue weighted by molar-refractivity contribution is 0.562. The average molecular weight is 296 g/mol. The van der Waals surface area contributed by atoms with Gasteiger partial charge >= 0.3 is 0 Å². The largest absolute Gasteiger partial charge is 0.380 e. The van der Waals surface area contributed by atoms with Crippen molar-refractivity contribution in [3.8, 4) is 6.07 Å². The molecule has 0 bridgehead atoms. The Labute approximate surface area is 118 Å². The Morgan fingerprint density at radius 2 is 2.26 bits per heavy atom. The molecule has 1 unspecified atom stereocenters. The Bertz CT molecular complexity index is 606. The first-order chi connectivity index (χ1) is 9.05. The van der Waals surface area contributed by atoms with E-state index in [0.717, 1.165) is 17.0 Å². The first-order valence-electron chi connectivity index (χ1n) is 6.10. The van der Waals surface area contributed by atoms with Crippen LogP contribution in [0.3, 0.4) is 0 Å². The van der Waals surface area contributed by atoms with E-state index in [4.69, 9.17) is 0 Å². The van der Waals surface area contributed by atoms with E-state index in [2.05, 4.69) is 11.4 Å². The van der Waals surface area contributed by atoms with Gasteiger partial charge in [-0.1, -0.05) is 6.07 Å². The highest BCUT2D eigenvalue weighted by molar-refractivity contribution is 7.98. The predicted octanol–water partition coefficient (Wildman–Crippen LogP) is 2.27. The van der Waals surface area contributed by atoms with Crippen molar-refractivity contribution in [1.82, 2.24) is 0 Å². The van der Waals surface area contributed by atoms with Crippen LogP contribution in [0.25, 0.3) is 0 Å². The normalized spacial score (nSPS) is 21.6. The fraction of sp³-hybridized carbons (Fsp3) is 0.462. The van der Waals surface area contributed by atoms with Gasteiger partial charge in [-0.15, -0.1) is 11.8 Å². The van der Waals surface area contributed by atoms with Gasteiger partial charge in [-0.05, 0) is 31.2 Å². The maximum Gasteiger partial charge on any atom is 0.152 e. The molecule has 2 rings (SSSR count). The smallest absolute Gasteiger partial charge is 0.152 e. The lowest BCUT2D eigenvalue weighted by Crippen LogP contribution is -2.35. The Morgan fingerprint density at radius 3 is 2.89 bits per heavy atom. The highest BCUT2D eigenvalue weighted by Crippen LogP contribution is 2.28. The number of thioether (sulfide) groups is 1. The Morgan fingerprint density at radius 1 is 1.47 bits per heavy atom. The van der Waals surface area contributed by atoms with Gasteiger partial charge in [-0.3, -0.25) is 0 Å². The van der Waals surface area contributed by atoms with E-state index in [-0.39, 0.29) is 17.5 Å². The molecule has 0 aliphatic carbocycles. The number of hydrogen-bond acceptors (Lipinski definition) is 5. The van der Waals surface area contributed by atoms with Crippen molar-refractivity contribution >= 4 is 27.3 Å². The Kier molecular flexibility index (Phi) is 4.38. The third-order valence-corrected chi connectivity index (χ3v) is 5.78. The van der Waals surface area contributed by atoms with E-state index in [1.165, 1.54) is 11.8 Å². The molecule has 0 amide bonds. The number of sulfone groups is 1. The standard InChI is InChI=1S/C13H16N2O2S2/c1-18-13-6-2-5-12(11(13)8-14)15-10-4-3-7-19(16,17)9-10/h2,5-6,10,15H,3-4,7,9H2,1H3. The van der Waals surface area contributed by atoms with Gasteiger partial charge in [0.05, 0.1) is 22.8 Å². The monoisotopic (exact) mass is 296 g/mol. The van der Waals surface area contributed by atoms with Crippen molar-refractivity contribution < 1.29 is 8.42 Å². The second-order valence-corrected chi connectivity index (χ2v) is 7.67. The highest BCUT2D eigenvalue weighted by Gasteiger charge is 2.25. The summed E-state index contributed by atoms with van der Waals surface area (Å²) in [6.45, 7) is 0. The fourth-order valence-electron chi connectivity index (χ4n) is 2.29. The summed E-state index contributed by atoms with van der Waals surface area (Å²) in [6, 6.07) is 7.71. The minimum atomic E-state index is -2.94. The third kappa shape index (κ3) is 3.43. The third-order valence-electron chi connectivity index (χ3n) is 3.18. The van der Waals surface area contributed by atoms with E-state index < -0.39 is 9.84 Å². The molecule has 1 aliphatic heterocycles. The fourth-order valence-corrected chi connectivity index (χ4v) is 4.50. The first-order valence-corrected chi connectivity index (χ1v) is 9.14. The van der Waals surface area contributed by atoms with Crippen LogP contribution in [0, 0.1) is 11.3 Å². The van der Waals surface area contributed by atoms with Gasteiger partial charge in [0.25, 0.3) is 0 Å². The van der Waals surface area contributed by atoms with Crippen LogP contribution in [0.2, 0.25) is 0 Å². The van der Waals surface area contributed by atoms with E-state index in [1.54, 1.807) is 0 Å². The number of nitrogens with one attached hydrogen (secondary N) is 1. The van der Waals surface area contributed by atoms with Crippen molar-refractivity contribution in [3.05, 3.63) is 23.8 Å². The molecular weight excluding hydrogens is 280 g/mol. The van der Waals surface area contributed by atoms with Crippen LogP contribution >= 0.6 is 11.8 Å². The van der Waals surface area contributed by atoms with Crippen molar-refractivity contribution in [1.29, 1.82) is 5.26 Å². The van der Waals surface area contributed by atoms with E-state index in [9.17, 15) is 13.7 Å². The molecule has 6 heteroatoms. The van der Waals surface area contributed by atoms with Crippen LogP contribution in [0.5, 0.6) is 0 Å². The van der Waals surface area contributed by atoms with Gasteiger partial charge in [0.15, 0.2) is 9.84 Å². The second-order valence-electron chi connectivity index (χ2n) is 4.59. The lowest BCUT2D eigenvalue weighted by atomic mass is 10.1. The zero-order valence-corrected chi connectivity index (χ0v) is 12.4. The number of nitriles is 1. The van der Waals surface area contributed by atoms with E-state index in [1.807, 2.05) is 24.5 Å². The van der Waals surface area contributed by atoms with Crippen LogP contribution in [0.15, 0.2) is 23.1 Å². The van der Waals surface area contributed by atoms with Crippen molar-refractivity contribution in [2.24, 2.45) is 0 Å². The van der Waals surface area contributed by atoms with Crippen LogP contribution < -0.4 is 5.32 Å². The molecule has 1 atom stereocenters. The van der Waals surface area contributed by atoms with Crippen molar-refractivity contribution in [2.45, 2.75) is 23.8 Å². The summed E-state index contributed by atoms with van der Waals surface area (Å²) in [4.78, 5) is 0.908. The number of hydrogen-bond donors (Lipinski definition) is 1. The summed E-state index contributed by atoms with van der Waals surface area (Å²) in [6.07, 6.45) is 3.43. The van der Waals surface area contributed by atoms with Crippen molar-refractivity contribution in [2.75, 3.05) is 23.1 Å². The van der Waals surface area contributed by atoms with Gasteiger partial charge in [0, 0.05) is 10.9 Å². The van der Waals surface area contributed by atoms with Gasteiger partial charge in [0.2, 0.25) is 0 Å². The van der Waals surface area contributed by atoms with Gasteiger partial charge in [-0.2, -0.15) is 5.26 Å². The minimum absolute atomic E-state index is 0.0945. The van der Waals surface area contributed by atoms with Crippen molar-refractivity contribution in [3.63, 3.8) is 0 Å². The molecule has 0 spiro atoms. The summed E-state index contributed by atoms with van der Waals surface area (Å²) in [5.41, 5.74) is 1.33. The maximum absolute atomic E-state index is 11.6. The Balaban J connectivity index is 2.22. The average Bonchev–Trinajstić information content (AvgIpc) is 2.37.